The Kier molecular flexibility index (Phi) is 6.20. The van der Waals surface area contributed by atoms with Crippen molar-refractivity contribution in [2.75, 3.05) is 19.1 Å². The van der Waals surface area contributed by atoms with Crippen LogP contribution in [0.3, 0.4) is 0 Å². The molecule has 0 aromatic heterocycles. The molecule has 1 atom stereocenters. The summed E-state index contributed by atoms with van der Waals surface area (Å²) < 4.78 is 6.30. The van der Waals surface area contributed by atoms with E-state index in [4.69, 9.17) is 10.6 Å². The van der Waals surface area contributed by atoms with Gasteiger partial charge in [-0.3, -0.25) is 11.3 Å². The van der Waals surface area contributed by atoms with Crippen molar-refractivity contribution in [1.29, 1.82) is 0 Å². The number of methoxy groups -OCH3 is 1. The molecule has 0 saturated heterocycles. The summed E-state index contributed by atoms with van der Waals surface area (Å²) in [5.41, 5.74) is 4.04. The van der Waals surface area contributed by atoms with Crippen LogP contribution in [0, 0.1) is 0 Å². The molecule has 5 heteroatoms. The number of hydrazine groups is 1. The lowest BCUT2D eigenvalue weighted by Crippen LogP contribution is -2.38. The standard InChI is InChI=1S/C11H17BrN2OS/c1-15-10-3-4-11(12)8(6-10)5-9(14-13)7-16-2/h3-4,6,9,14H,5,7,13H2,1-2H3. The Labute approximate surface area is 109 Å². The smallest absolute Gasteiger partial charge is 0.119 e. The van der Waals surface area contributed by atoms with E-state index in [0.717, 1.165) is 22.4 Å². The average molecular weight is 305 g/mol. The Morgan fingerprint density at radius 2 is 2.31 bits per heavy atom. The van der Waals surface area contributed by atoms with E-state index < -0.39 is 0 Å². The lowest BCUT2D eigenvalue weighted by atomic mass is 10.1. The van der Waals surface area contributed by atoms with E-state index in [0.29, 0.717) is 0 Å². The van der Waals surface area contributed by atoms with Gasteiger partial charge < -0.3 is 4.74 Å². The van der Waals surface area contributed by atoms with Crippen LogP contribution in [0.2, 0.25) is 0 Å². The van der Waals surface area contributed by atoms with Crippen molar-refractivity contribution in [3.63, 3.8) is 0 Å². The monoisotopic (exact) mass is 304 g/mol. The lowest BCUT2D eigenvalue weighted by Gasteiger charge is -2.16. The van der Waals surface area contributed by atoms with Crippen LogP contribution in [0.1, 0.15) is 5.56 Å². The summed E-state index contributed by atoms with van der Waals surface area (Å²) in [7, 11) is 1.67. The molecule has 0 heterocycles. The molecule has 0 radical (unpaired) electrons. The normalized spacial score (nSPS) is 12.5. The predicted molar refractivity (Wildman–Crippen MR) is 73.9 cm³/mol. The zero-order valence-corrected chi connectivity index (χ0v) is 11.9. The maximum absolute atomic E-state index is 5.52. The lowest BCUT2D eigenvalue weighted by molar-refractivity contribution is 0.414. The number of halogens is 1. The van der Waals surface area contributed by atoms with Crippen LogP contribution in [0.5, 0.6) is 5.75 Å². The molecule has 3 N–H and O–H groups in total. The van der Waals surface area contributed by atoms with Crippen LogP contribution in [-0.4, -0.2) is 25.2 Å². The first kappa shape index (κ1) is 13.8. The van der Waals surface area contributed by atoms with Gasteiger partial charge in [-0.1, -0.05) is 15.9 Å². The van der Waals surface area contributed by atoms with Gasteiger partial charge in [0.25, 0.3) is 0 Å². The first-order valence-electron chi connectivity index (χ1n) is 4.98. The highest BCUT2D eigenvalue weighted by atomic mass is 79.9. The number of nitrogens with one attached hydrogen (secondary N) is 1. The van der Waals surface area contributed by atoms with Crippen molar-refractivity contribution in [3.8, 4) is 5.75 Å². The first-order chi connectivity index (χ1) is 7.71. The Morgan fingerprint density at radius 3 is 2.88 bits per heavy atom. The predicted octanol–water partition coefficient (Wildman–Crippen LogP) is 2.20. The van der Waals surface area contributed by atoms with E-state index >= 15 is 0 Å². The van der Waals surface area contributed by atoms with Crippen molar-refractivity contribution in [3.05, 3.63) is 28.2 Å². The van der Waals surface area contributed by atoms with Gasteiger partial charge in [0.1, 0.15) is 5.75 Å². The minimum absolute atomic E-state index is 0.276. The van der Waals surface area contributed by atoms with Crippen molar-refractivity contribution in [1.82, 2.24) is 5.43 Å². The SMILES string of the molecule is COc1ccc(Br)c(CC(CSC)NN)c1. The van der Waals surface area contributed by atoms with Crippen LogP contribution >= 0.6 is 27.7 Å². The third kappa shape index (κ3) is 3.97. The first-order valence-corrected chi connectivity index (χ1v) is 7.17. The minimum atomic E-state index is 0.276. The summed E-state index contributed by atoms with van der Waals surface area (Å²) >= 11 is 5.32. The summed E-state index contributed by atoms with van der Waals surface area (Å²) in [6.45, 7) is 0. The van der Waals surface area contributed by atoms with Crippen molar-refractivity contribution in [2.45, 2.75) is 12.5 Å². The van der Waals surface area contributed by atoms with E-state index in [1.807, 2.05) is 18.2 Å². The molecule has 0 spiro atoms. The van der Waals surface area contributed by atoms with E-state index in [-0.39, 0.29) is 6.04 Å². The van der Waals surface area contributed by atoms with Crippen LogP contribution in [0.15, 0.2) is 22.7 Å². The second kappa shape index (κ2) is 7.17. The van der Waals surface area contributed by atoms with Crippen molar-refractivity contribution in [2.24, 2.45) is 5.84 Å². The quantitative estimate of drug-likeness (QED) is 0.625. The highest BCUT2D eigenvalue weighted by molar-refractivity contribution is 9.10. The zero-order valence-electron chi connectivity index (χ0n) is 9.50. The second-order valence-electron chi connectivity index (χ2n) is 3.48. The molecule has 0 aliphatic rings. The molecule has 1 unspecified atom stereocenters. The Balaban J connectivity index is 2.77. The molecule has 16 heavy (non-hydrogen) atoms. The average Bonchev–Trinajstić information content (AvgIpc) is 2.31. The fraction of sp³-hybridized carbons (Fsp3) is 0.455. The third-order valence-corrected chi connectivity index (χ3v) is 3.83. The summed E-state index contributed by atoms with van der Waals surface area (Å²) in [5.74, 6) is 7.38. The molecule has 1 aromatic rings. The van der Waals surface area contributed by atoms with Gasteiger partial charge in [0, 0.05) is 16.3 Å². The number of benzene rings is 1. The van der Waals surface area contributed by atoms with Gasteiger partial charge in [-0.25, -0.2) is 0 Å². The van der Waals surface area contributed by atoms with Gasteiger partial charge in [0.2, 0.25) is 0 Å². The fourth-order valence-corrected chi connectivity index (χ4v) is 2.49. The maximum Gasteiger partial charge on any atom is 0.119 e. The Bertz CT molecular complexity index is 336. The number of rotatable bonds is 6. The number of hydrogen-bond acceptors (Lipinski definition) is 4. The van der Waals surface area contributed by atoms with Crippen molar-refractivity contribution < 1.29 is 4.74 Å². The Hall–Kier alpha value is -0.230. The van der Waals surface area contributed by atoms with Gasteiger partial charge in [0.15, 0.2) is 0 Å². The van der Waals surface area contributed by atoms with Crippen LogP contribution in [0.25, 0.3) is 0 Å². The molecule has 1 aromatic carbocycles. The second-order valence-corrected chi connectivity index (χ2v) is 5.25. The van der Waals surface area contributed by atoms with Gasteiger partial charge in [-0.15, -0.1) is 0 Å². The molecule has 90 valence electrons. The molecule has 0 aliphatic carbocycles. The molecule has 0 bridgehead atoms. The number of thioether (sulfide) groups is 1. The summed E-state index contributed by atoms with van der Waals surface area (Å²) in [5, 5.41) is 0. The van der Waals surface area contributed by atoms with E-state index in [2.05, 4.69) is 27.6 Å². The zero-order chi connectivity index (χ0) is 12.0. The fourth-order valence-electron chi connectivity index (χ4n) is 1.47. The number of hydrogen-bond donors (Lipinski definition) is 2. The summed E-state index contributed by atoms with van der Waals surface area (Å²) in [6, 6.07) is 6.25. The van der Waals surface area contributed by atoms with Crippen molar-refractivity contribution >= 4 is 27.7 Å². The maximum atomic E-state index is 5.52. The molecule has 0 amide bonds. The molecule has 3 nitrogen and oxygen atoms in total. The third-order valence-electron chi connectivity index (χ3n) is 2.32. The molecular formula is C11H17BrN2OS. The van der Waals surface area contributed by atoms with Crippen LogP contribution < -0.4 is 16.0 Å². The Morgan fingerprint density at radius 1 is 1.56 bits per heavy atom. The largest absolute Gasteiger partial charge is 0.497 e. The topological polar surface area (TPSA) is 47.3 Å². The summed E-state index contributed by atoms with van der Waals surface area (Å²) in [6.07, 6.45) is 2.96. The van der Waals surface area contributed by atoms with Gasteiger partial charge in [-0.2, -0.15) is 11.8 Å². The highest BCUT2D eigenvalue weighted by Gasteiger charge is 2.10. The van der Waals surface area contributed by atoms with Gasteiger partial charge in [0.05, 0.1) is 7.11 Å². The van der Waals surface area contributed by atoms with Gasteiger partial charge >= 0.3 is 0 Å². The molecular weight excluding hydrogens is 288 g/mol. The van der Waals surface area contributed by atoms with Crippen LogP contribution in [-0.2, 0) is 6.42 Å². The molecule has 0 fully saturated rings. The molecule has 0 saturated carbocycles. The molecule has 1 rings (SSSR count). The summed E-state index contributed by atoms with van der Waals surface area (Å²) in [4.78, 5) is 0. The molecule has 0 aliphatic heterocycles. The van der Waals surface area contributed by atoms with E-state index in [1.165, 1.54) is 5.56 Å². The van der Waals surface area contributed by atoms with Crippen LogP contribution in [0.4, 0.5) is 0 Å². The minimum Gasteiger partial charge on any atom is -0.497 e. The number of ether oxygens (including phenoxy) is 1. The van der Waals surface area contributed by atoms with E-state index in [1.54, 1.807) is 18.9 Å². The number of nitrogens with two attached hydrogens (primary N) is 1. The van der Waals surface area contributed by atoms with Gasteiger partial charge in [-0.05, 0) is 36.4 Å². The highest BCUT2D eigenvalue weighted by Crippen LogP contribution is 2.24. The van der Waals surface area contributed by atoms with E-state index in [9.17, 15) is 0 Å².